The number of fused-ring (bicyclic) bond motifs is 3. The molecule has 2 aromatic carbocycles. The van der Waals surface area contributed by atoms with Crippen LogP contribution in [0.25, 0.3) is 11.1 Å². The first kappa shape index (κ1) is 21.9. The smallest absolute Gasteiger partial charge is 0.407 e. The van der Waals surface area contributed by atoms with E-state index in [0.717, 1.165) is 22.3 Å². The number of carboxylic acids is 1. The van der Waals surface area contributed by atoms with Crippen LogP contribution >= 0.6 is 0 Å². The van der Waals surface area contributed by atoms with Crippen molar-refractivity contribution in [3.63, 3.8) is 0 Å². The Morgan fingerprint density at radius 1 is 1.06 bits per heavy atom. The molecule has 1 unspecified atom stereocenters. The first-order valence-corrected chi connectivity index (χ1v) is 10.9. The van der Waals surface area contributed by atoms with E-state index in [-0.39, 0.29) is 25.0 Å². The summed E-state index contributed by atoms with van der Waals surface area (Å²) in [6.07, 6.45) is 0.527. The van der Waals surface area contributed by atoms with E-state index in [1.165, 1.54) is 4.90 Å². The predicted molar refractivity (Wildman–Crippen MR) is 119 cm³/mol. The second-order valence-corrected chi connectivity index (χ2v) is 9.06. The number of rotatable bonds is 6. The van der Waals surface area contributed by atoms with E-state index in [0.29, 0.717) is 19.4 Å². The van der Waals surface area contributed by atoms with Crippen molar-refractivity contribution < 1.29 is 24.2 Å². The predicted octanol–water partition coefficient (Wildman–Crippen LogP) is 3.63. The maximum Gasteiger partial charge on any atom is 0.407 e. The van der Waals surface area contributed by atoms with Crippen LogP contribution in [0.5, 0.6) is 0 Å². The number of nitrogens with zero attached hydrogens (tertiary/aromatic N) is 1. The molecule has 32 heavy (non-hydrogen) atoms. The lowest BCUT2D eigenvalue weighted by molar-refractivity contribution is -0.152. The molecule has 1 aliphatic carbocycles. The third kappa shape index (κ3) is 4.07. The number of nitrogens with one attached hydrogen (secondary N) is 1. The number of benzene rings is 2. The minimum atomic E-state index is -0.990. The Morgan fingerprint density at radius 3 is 2.25 bits per heavy atom. The summed E-state index contributed by atoms with van der Waals surface area (Å²) < 4.78 is 5.53. The average Bonchev–Trinajstić information content (AvgIpc) is 3.39. The van der Waals surface area contributed by atoms with Gasteiger partial charge in [0.15, 0.2) is 0 Å². The molecule has 1 atom stereocenters. The van der Waals surface area contributed by atoms with Crippen LogP contribution in [0.3, 0.4) is 0 Å². The lowest BCUT2D eigenvalue weighted by atomic mass is 9.91. The van der Waals surface area contributed by atoms with E-state index in [2.05, 4.69) is 29.6 Å². The largest absolute Gasteiger partial charge is 0.480 e. The number of ether oxygens (including phenoxy) is 1. The molecule has 2 amide bonds. The van der Waals surface area contributed by atoms with Crippen LogP contribution in [-0.2, 0) is 14.3 Å². The van der Waals surface area contributed by atoms with Crippen LogP contribution in [0.1, 0.15) is 43.7 Å². The third-order valence-corrected chi connectivity index (χ3v) is 6.40. The SMILES string of the molecule is CC(C)(CNC(=O)OCC1c2ccccc2-c2ccccc21)C(=O)N1CCCC1C(=O)O. The zero-order chi connectivity index (χ0) is 22.9. The van der Waals surface area contributed by atoms with Gasteiger partial charge in [0.1, 0.15) is 12.6 Å². The number of likely N-dealkylation sites (tertiary alicyclic amines) is 1. The highest BCUT2D eigenvalue weighted by Gasteiger charge is 2.41. The summed E-state index contributed by atoms with van der Waals surface area (Å²) in [5, 5.41) is 12.0. The van der Waals surface area contributed by atoms with Crippen molar-refractivity contribution in [2.24, 2.45) is 5.41 Å². The van der Waals surface area contributed by atoms with Gasteiger partial charge in [-0.15, -0.1) is 0 Å². The van der Waals surface area contributed by atoms with Crippen molar-refractivity contribution in [1.82, 2.24) is 10.2 Å². The fourth-order valence-electron chi connectivity index (χ4n) is 4.67. The molecule has 1 fully saturated rings. The molecule has 0 radical (unpaired) electrons. The summed E-state index contributed by atoms with van der Waals surface area (Å²) >= 11 is 0. The van der Waals surface area contributed by atoms with Crippen LogP contribution in [0.2, 0.25) is 0 Å². The topological polar surface area (TPSA) is 95.9 Å². The minimum absolute atomic E-state index is 0.0382. The zero-order valence-corrected chi connectivity index (χ0v) is 18.3. The van der Waals surface area contributed by atoms with Crippen molar-refractivity contribution >= 4 is 18.0 Å². The third-order valence-electron chi connectivity index (χ3n) is 6.40. The van der Waals surface area contributed by atoms with Gasteiger partial charge in [-0.25, -0.2) is 9.59 Å². The summed E-state index contributed by atoms with van der Waals surface area (Å²) in [4.78, 5) is 38.2. The van der Waals surface area contributed by atoms with E-state index in [1.807, 2.05) is 24.3 Å². The molecular formula is C25H28N2O5. The van der Waals surface area contributed by atoms with E-state index in [4.69, 9.17) is 4.74 Å². The average molecular weight is 437 g/mol. The summed E-state index contributed by atoms with van der Waals surface area (Å²) in [5.74, 6) is -1.30. The van der Waals surface area contributed by atoms with Gasteiger partial charge < -0.3 is 20.1 Å². The maximum absolute atomic E-state index is 12.9. The molecule has 7 heteroatoms. The number of carbonyl (C=O) groups is 3. The summed E-state index contributed by atoms with van der Waals surface area (Å²) in [7, 11) is 0. The molecule has 2 N–H and O–H groups in total. The van der Waals surface area contributed by atoms with Gasteiger partial charge in [0.25, 0.3) is 0 Å². The van der Waals surface area contributed by atoms with Gasteiger partial charge in [0, 0.05) is 19.0 Å². The molecule has 1 aliphatic heterocycles. The van der Waals surface area contributed by atoms with Crippen molar-refractivity contribution in [3.05, 3.63) is 59.7 Å². The molecule has 7 nitrogen and oxygen atoms in total. The number of carboxylic acid groups (broad SMARTS) is 1. The number of hydrogen-bond donors (Lipinski definition) is 2. The highest BCUT2D eigenvalue weighted by atomic mass is 16.5. The highest BCUT2D eigenvalue weighted by molar-refractivity contribution is 5.88. The maximum atomic E-state index is 12.9. The summed E-state index contributed by atoms with van der Waals surface area (Å²) in [6, 6.07) is 15.4. The fraction of sp³-hybridized carbons (Fsp3) is 0.400. The van der Waals surface area contributed by atoms with Gasteiger partial charge >= 0.3 is 12.1 Å². The number of alkyl carbamates (subject to hydrolysis) is 1. The molecule has 1 heterocycles. The molecule has 0 spiro atoms. The summed E-state index contributed by atoms with van der Waals surface area (Å²) in [6.45, 7) is 4.09. The van der Waals surface area contributed by atoms with Gasteiger partial charge in [-0.1, -0.05) is 48.5 Å². The summed E-state index contributed by atoms with van der Waals surface area (Å²) in [5.41, 5.74) is 3.63. The number of aliphatic carboxylic acids is 1. The highest BCUT2D eigenvalue weighted by Crippen LogP contribution is 2.44. The molecule has 2 aromatic rings. The normalized spacial score (nSPS) is 17.6. The zero-order valence-electron chi connectivity index (χ0n) is 18.3. The second kappa shape index (κ2) is 8.65. The van der Waals surface area contributed by atoms with Crippen molar-refractivity contribution in [2.45, 2.75) is 38.6 Å². The van der Waals surface area contributed by atoms with Crippen LogP contribution < -0.4 is 5.32 Å². The number of hydrogen-bond acceptors (Lipinski definition) is 4. The van der Waals surface area contributed by atoms with Crippen LogP contribution in [-0.4, -0.2) is 53.7 Å². The van der Waals surface area contributed by atoms with Crippen LogP contribution in [0, 0.1) is 5.41 Å². The lowest BCUT2D eigenvalue weighted by Crippen LogP contribution is -2.50. The quantitative estimate of drug-likeness (QED) is 0.721. The van der Waals surface area contributed by atoms with Gasteiger partial charge in [0.05, 0.1) is 5.41 Å². The fourth-order valence-corrected chi connectivity index (χ4v) is 4.67. The monoisotopic (exact) mass is 436 g/mol. The minimum Gasteiger partial charge on any atom is -0.480 e. The van der Waals surface area contributed by atoms with E-state index < -0.39 is 23.5 Å². The van der Waals surface area contributed by atoms with E-state index >= 15 is 0 Å². The Labute approximate surface area is 187 Å². The molecule has 1 saturated heterocycles. The Kier molecular flexibility index (Phi) is 5.91. The second-order valence-electron chi connectivity index (χ2n) is 9.06. The Balaban J connectivity index is 1.36. The molecular weight excluding hydrogens is 408 g/mol. The Hall–Kier alpha value is -3.35. The molecule has 168 valence electrons. The molecule has 4 rings (SSSR count). The Bertz CT molecular complexity index is 1000. The van der Waals surface area contributed by atoms with Gasteiger partial charge in [-0.2, -0.15) is 0 Å². The van der Waals surface area contributed by atoms with E-state index in [9.17, 15) is 19.5 Å². The van der Waals surface area contributed by atoms with Crippen molar-refractivity contribution in [1.29, 1.82) is 0 Å². The number of amides is 2. The van der Waals surface area contributed by atoms with Crippen LogP contribution in [0.15, 0.2) is 48.5 Å². The van der Waals surface area contributed by atoms with Crippen LogP contribution in [0.4, 0.5) is 4.79 Å². The molecule has 0 bridgehead atoms. The first-order valence-electron chi connectivity index (χ1n) is 10.9. The first-order chi connectivity index (χ1) is 15.3. The van der Waals surface area contributed by atoms with Gasteiger partial charge in [0.2, 0.25) is 5.91 Å². The van der Waals surface area contributed by atoms with Gasteiger partial charge in [-0.05, 0) is 48.9 Å². The molecule has 2 aliphatic rings. The van der Waals surface area contributed by atoms with Crippen molar-refractivity contribution in [2.75, 3.05) is 19.7 Å². The van der Waals surface area contributed by atoms with Crippen molar-refractivity contribution in [3.8, 4) is 11.1 Å². The Morgan fingerprint density at radius 2 is 1.66 bits per heavy atom. The lowest BCUT2D eigenvalue weighted by Gasteiger charge is -2.31. The standard InChI is InChI=1S/C25H28N2O5/c1-25(2,23(30)27-13-7-12-21(27)22(28)29)15-26-24(31)32-14-20-18-10-5-3-8-16(18)17-9-4-6-11-19(17)20/h3-6,8-11,20-21H,7,12-15H2,1-2H3,(H,26,31)(H,28,29). The van der Waals surface area contributed by atoms with E-state index in [1.54, 1.807) is 13.8 Å². The van der Waals surface area contributed by atoms with Gasteiger partial charge in [-0.3, -0.25) is 4.79 Å². The molecule has 0 saturated carbocycles. The molecule has 0 aromatic heterocycles. The number of carbonyl (C=O) groups excluding carboxylic acids is 2.